The van der Waals surface area contributed by atoms with E-state index in [1.165, 1.54) is 0 Å². The van der Waals surface area contributed by atoms with Crippen LogP contribution in [0, 0.1) is 5.92 Å². The predicted octanol–water partition coefficient (Wildman–Crippen LogP) is 3.13. The highest BCUT2D eigenvalue weighted by Gasteiger charge is 2.28. The van der Waals surface area contributed by atoms with Gasteiger partial charge in [-0.15, -0.1) is 0 Å². The van der Waals surface area contributed by atoms with Gasteiger partial charge in [0.25, 0.3) is 0 Å². The highest BCUT2D eigenvalue weighted by Crippen LogP contribution is 2.27. The number of rotatable bonds is 4. The molecule has 0 radical (unpaired) electrons. The van der Waals surface area contributed by atoms with Crippen molar-refractivity contribution in [2.75, 3.05) is 57.8 Å². The van der Waals surface area contributed by atoms with Gasteiger partial charge in [-0.25, -0.2) is 4.79 Å². The zero-order chi connectivity index (χ0) is 23.1. The Labute approximate surface area is 192 Å². The van der Waals surface area contributed by atoms with Crippen LogP contribution in [0.15, 0.2) is 29.3 Å². The number of carbonyl (C=O) groups excluding carboxylic acids is 1. The Morgan fingerprint density at radius 1 is 1.16 bits per heavy atom. The predicted molar refractivity (Wildman–Crippen MR) is 128 cm³/mol. The Morgan fingerprint density at radius 3 is 2.53 bits per heavy atom. The summed E-state index contributed by atoms with van der Waals surface area (Å²) in [6.07, 6.45) is 2.95. The Hall–Kier alpha value is -2.64. The lowest BCUT2D eigenvalue weighted by Crippen LogP contribution is -2.53. The maximum absolute atomic E-state index is 12.4. The molecule has 8 heteroatoms. The first-order valence-electron chi connectivity index (χ1n) is 11.7. The Bertz CT molecular complexity index is 784. The van der Waals surface area contributed by atoms with Gasteiger partial charge in [0.05, 0.1) is 5.69 Å². The van der Waals surface area contributed by atoms with Crippen molar-refractivity contribution < 1.29 is 14.6 Å². The molecule has 2 fully saturated rings. The van der Waals surface area contributed by atoms with E-state index in [4.69, 9.17) is 4.74 Å². The smallest absolute Gasteiger partial charge is 0.410 e. The number of amides is 1. The molecule has 178 valence electrons. The minimum atomic E-state index is -0.457. The number of guanidine groups is 1. The summed E-state index contributed by atoms with van der Waals surface area (Å²) in [5.41, 5.74) is 0.434. The second-order valence-electron chi connectivity index (χ2n) is 9.66. The first-order valence-corrected chi connectivity index (χ1v) is 11.7. The maximum Gasteiger partial charge on any atom is 0.410 e. The summed E-state index contributed by atoms with van der Waals surface area (Å²) in [5.74, 6) is 1.72. The maximum atomic E-state index is 12.4. The Kier molecular flexibility index (Phi) is 8.10. The fraction of sp³-hybridized carbons (Fsp3) is 0.667. The number of nitrogens with zero attached hydrogens (tertiary/aromatic N) is 4. The molecule has 0 aromatic heterocycles. The molecule has 1 unspecified atom stereocenters. The zero-order valence-electron chi connectivity index (χ0n) is 20.0. The van der Waals surface area contributed by atoms with Gasteiger partial charge in [0, 0.05) is 52.9 Å². The topological polar surface area (TPSA) is 80.6 Å². The van der Waals surface area contributed by atoms with Crippen molar-refractivity contribution in [3.63, 3.8) is 0 Å². The average molecular weight is 446 g/mol. The summed E-state index contributed by atoms with van der Waals surface area (Å²) in [6.45, 7) is 11.5. The number of carbonyl (C=O) groups is 1. The lowest BCUT2D eigenvalue weighted by molar-refractivity contribution is 0.0162. The quantitative estimate of drug-likeness (QED) is 0.548. The fourth-order valence-electron chi connectivity index (χ4n) is 4.40. The van der Waals surface area contributed by atoms with Crippen LogP contribution in [0.5, 0.6) is 5.75 Å². The number of ether oxygens (including phenoxy) is 1. The summed E-state index contributed by atoms with van der Waals surface area (Å²) in [4.78, 5) is 23.2. The molecule has 1 aromatic rings. The van der Waals surface area contributed by atoms with Gasteiger partial charge in [-0.3, -0.25) is 4.99 Å². The number of piperazine rings is 1. The van der Waals surface area contributed by atoms with Gasteiger partial charge in [-0.2, -0.15) is 0 Å². The second-order valence-corrected chi connectivity index (χ2v) is 9.66. The van der Waals surface area contributed by atoms with Crippen molar-refractivity contribution in [1.29, 1.82) is 0 Å². The standard InChI is InChI=1S/C24H39N5O3/c1-24(2,3)32-23(31)29-13-7-8-19(18-29)11-12-26-22(25-4)28-16-14-27(15-17-28)20-9-5-6-10-21(20)30/h5-6,9-10,19,30H,7-8,11-18H2,1-4H3,(H,25,26). The summed E-state index contributed by atoms with van der Waals surface area (Å²) in [6, 6.07) is 7.50. The van der Waals surface area contributed by atoms with Crippen LogP contribution in [0.3, 0.4) is 0 Å². The van der Waals surface area contributed by atoms with Gasteiger partial charge in [-0.05, 0) is 58.1 Å². The molecular formula is C24H39N5O3. The number of para-hydroxylation sites is 2. The molecule has 3 rings (SSSR count). The largest absolute Gasteiger partial charge is 0.506 e. The first-order chi connectivity index (χ1) is 15.3. The Balaban J connectivity index is 1.42. The SMILES string of the molecule is CN=C(NCCC1CCCN(C(=O)OC(C)(C)C)C1)N1CCN(c2ccccc2O)CC1. The molecule has 1 atom stereocenters. The monoisotopic (exact) mass is 445 g/mol. The minimum absolute atomic E-state index is 0.201. The number of phenols is 1. The lowest BCUT2D eigenvalue weighted by atomic mass is 9.95. The van der Waals surface area contributed by atoms with Crippen molar-refractivity contribution in [2.24, 2.45) is 10.9 Å². The molecule has 0 saturated carbocycles. The van der Waals surface area contributed by atoms with Gasteiger partial charge in [0.1, 0.15) is 11.4 Å². The fourth-order valence-corrected chi connectivity index (χ4v) is 4.40. The van der Waals surface area contributed by atoms with Crippen LogP contribution in [0.1, 0.15) is 40.0 Å². The normalized spacial score (nSPS) is 20.3. The molecule has 1 aromatic carbocycles. The summed E-state index contributed by atoms with van der Waals surface area (Å²) in [7, 11) is 1.82. The molecule has 2 aliphatic rings. The van der Waals surface area contributed by atoms with Crippen LogP contribution in [0.4, 0.5) is 10.5 Å². The van der Waals surface area contributed by atoms with E-state index in [9.17, 15) is 9.90 Å². The van der Waals surface area contributed by atoms with E-state index in [2.05, 4.69) is 20.1 Å². The van der Waals surface area contributed by atoms with Crippen LogP contribution in [0.2, 0.25) is 0 Å². The zero-order valence-corrected chi connectivity index (χ0v) is 20.0. The van der Waals surface area contributed by atoms with Gasteiger partial charge in [-0.1, -0.05) is 12.1 Å². The highest BCUT2D eigenvalue weighted by molar-refractivity contribution is 5.80. The van der Waals surface area contributed by atoms with E-state index in [0.717, 1.165) is 76.7 Å². The second kappa shape index (κ2) is 10.8. The van der Waals surface area contributed by atoms with Gasteiger partial charge in [0.2, 0.25) is 0 Å². The van der Waals surface area contributed by atoms with Gasteiger partial charge in [0.15, 0.2) is 5.96 Å². The number of aromatic hydroxyl groups is 1. The number of nitrogens with one attached hydrogen (secondary N) is 1. The molecule has 2 saturated heterocycles. The number of anilines is 1. The third-order valence-corrected chi connectivity index (χ3v) is 6.02. The van der Waals surface area contributed by atoms with E-state index >= 15 is 0 Å². The lowest BCUT2D eigenvalue weighted by Gasteiger charge is -2.38. The third-order valence-electron chi connectivity index (χ3n) is 6.02. The van der Waals surface area contributed by atoms with Crippen molar-refractivity contribution in [3.05, 3.63) is 24.3 Å². The summed E-state index contributed by atoms with van der Waals surface area (Å²) in [5, 5.41) is 13.6. The molecule has 32 heavy (non-hydrogen) atoms. The van der Waals surface area contributed by atoms with Crippen LogP contribution in [0.25, 0.3) is 0 Å². The molecule has 8 nitrogen and oxygen atoms in total. The number of phenolic OH excluding ortho intramolecular Hbond substituents is 1. The summed E-state index contributed by atoms with van der Waals surface area (Å²) >= 11 is 0. The van der Waals surface area contributed by atoms with E-state index in [1.54, 1.807) is 6.07 Å². The molecule has 2 aliphatic heterocycles. The molecular weight excluding hydrogens is 406 g/mol. The van der Waals surface area contributed by atoms with Crippen LogP contribution < -0.4 is 10.2 Å². The number of piperidine rings is 1. The van der Waals surface area contributed by atoms with Gasteiger partial charge >= 0.3 is 6.09 Å². The van der Waals surface area contributed by atoms with E-state index in [1.807, 2.05) is 50.9 Å². The van der Waals surface area contributed by atoms with Crippen LogP contribution >= 0.6 is 0 Å². The van der Waals surface area contributed by atoms with Crippen molar-refractivity contribution in [2.45, 2.75) is 45.6 Å². The van der Waals surface area contributed by atoms with E-state index in [0.29, 0.717) is 11.7 Å². The van der Waals surface area contributed by atoms with E-state index < -0.39 is 5.60 Å². The number of hydrogen-bond donors (Lipinski definition) is 2. The molecule has 2 heterocycles. The summed E-state index contributed by atoms with van der Waals surface area (Å²) < 4.78 is 5.54. The average Bonchev–Trinajstić information content (AvgIpc) is 2.76. The highest BCUT2D eigenvalue weighted by atomic mass is 16.6. The van der Waals surface area contributed by atoms with Crippen molar-refractivity contribution >= 4 is 17.7 Å². The molecule has 0 aliphatic carbocycles. The molecule has 1 amide bonds. The van der Waals surface area contributed by atoms with Crippen molar-refractivity contribution in [3.8, 4) is 5.75 Å². The Morgan fingerprint density at radius 2 is 1.88 bits per heavy atom. The molecule has 0 bridgehead atoms. The number of hydrogen-bond acceptors (Lipinski definition) is 5. The van der Waals surface area contributed by atoms with Crippen LogP contribution in [-0.4, -0.2) is 85.4 Å². The minimum Gasteiger partial charge on any atom is -0.506 e. The number of benzene rings is 1. The molecule has 0 spiro atoms. The first kappa shape index (κ1) is 24.0. The number of likely N-dealkylation sites (tertiary alicyclic amines) is 1. The van der Waals surface area contributed by atoms with Gasteiger partial charge < -0.3 is 29.9 Å². The molecule has 2 N–H and O–H groups in total. The number of aliphatic imine (C=N–C) groups is 1. The van der Waals surface area contributed by atoms with E-state index in [-0.39, 0.29) is 6.09 Å². The van der Waals surface area contributed by atoms with Crippen molar-refractivity contribution in [1.82, 2.24) is 15.1 Å². The third kappa shape index (κ3) is 6.68. The van der Waals surface area contributed by atoms with Crippen LogP contribution in [-0.2, 0) is 4.74 Å².